The van der Waals surface area contributed by atoms with Crippen LogP contribution in [0.3, 0.4) is 0 Å². The number of alkyl halides is 2. The van der Waals surface area contributed by atoms with Gasteiger partial charge in [0.2, 0.25) is 0 Å². The topological polar surface area (TPSA) is 18.5 Å². The molecule has 1 N–H and O–H groups in total. The normalized spacial score (nSPS) is 32.8. The summed E-state index contributed by atoms with van der Waals surface area (Å²) in [7, 11) is 2.08. The van der Waals surface area contributed by atoms with Crippen molar-refractivity contribution in [3.05, 3.63) is 0 Å². The van der Waals surface area contributed by atoms with E-state index in [0.29, 0.717) is 12.5 Å². The van der Waals surface area contributed by atoms with Gasteiger partial charge in [0.1, 0.15) is 0 Å². The van der Waals surface area contributed by atoms with Gasteiger partial charge in [0.05, 0.1) is 6.54 Å². The van der Waals surface area contributed by atoms with Gasteiger partial charge in [0.15, 0.2) is 0 Å². The maximum absolute atomic E-state index is 13.2. The number of halogens is 2. The molecular formula is C11H21F2N3. The zero-order valence-corrected chi connectivity index (χ0v) is 9.88. The second kappa shape index (κ2) is 4.94. The highest BCUT2D eigenvalue weighted by Gasteiger charge is 2.36. The predicted molar refractivity (Wildman–Crippen MR) is 59.9 cm³/mol. The van der Waals surface area contributed by atoms with E-state index in [0.717, 1.165) is 32.7 Å². The van der Waals surface area contributed by atoms with Crippen molar-refractivity contribution in [2.45, 2.75) is 24.8 Å². The van der Waals surface area contributed by atoms with Crippen molar-refractivity contribution >= 4 is 0 Å². The quantitative estimate of drug-likeness (QED) is 0.754. The third-order valence-electron chi connectivity index (χ3n) is 3.59. The van der Waals surface area contributed by atoms with Crippen molar-refractivity contribution in [1.82, 2.24) is 15.1 Å². The molecule has 0 amide bonds. The molecule has 2 aliphatic rings. The van der Waals surface area contributed by atoms with Crippen LogP contribution in [0.4, 0.5) is 8.78 Å². The van der Waals surface area contributed by atoms with Crippen LogP contribution >= 0.6 is 0 Å². The van der Waals surface area contributed by atoms with E-state index in [1.165, 1.54) is 0 Å². The number of hydrogen-bond acceptors (Lipinski definition) is 3. The number of piperazine rings is 1. The standard InChI is InChI=1S/C11H21F2N3/c1-15-6-4-14-7-10(15)8-16-5-2-3-11(12,13)9-16/h10,14H,2-9H2,1H3. The summed E-state index contributed by atoms with van der Waals surface area (Å²) in [6, 6.07) is 0.377. The fourth-order valence-corrected chi connectivity index (χ4v) is 2.57. The van der Waals surface area contributed by atoms with E-state index in [1.807, 2.05) is 4.90 Å². The molecule has 0 saturated carbocycles. The van der Waals surface area contributed by atoms with E-state index >= 15 is 0 Å². The number of hydrogen-bond donors (Lipinski definition) is 1. The Kier molecular flexibility index (Phi) is 3.77. The number of piperidine rings is 1. The number of nitrogens with one attached hydrogen (secondary N) is 1. The van der Waals surface area contributed by atoms with Crippen LogP contribution in [0.25, 0.3) is 0 Å². The van der Waals surface area contributed by atoms with E-state index in [-0.39, 0.29) is 13.0 Å². The van der Waals surface area contributed by atoms with Crippen molar-refractivity contribution in [3.8, 4) is 0 Å². The first kappa shape index (κ1) is 12.2. The Hall–Kier alpha value is -0.260. The lowest BCUT2D eigenvalue weighted by Gasteiger charge is -2.39. The zero-order chi connectivity index (χ0) is 11.6. The third-order valence-corrected chi connectivity index (χ3v) is 3.59. The van der Waals surface area contributed by atoms with Crippen molar-refractivity contribution in [1.29, 1.82) is 0 Å². The molecule has 3 nitrogen and oxygen atoms in total. The van der Waals surface area contributed by atoms with Crippen LogP contribution < -0.4 is 5.32 Å². The van der Waals surface area contributed by atoms with Gasteiger partial charge in [0, 0.05) is 38.6 Å². The van der Waals surface area contributed by atoms with Gasteiger partial charge in [-0.05, 0) is 20.0 Å². The fraction of sp³-hybridized carbons (Fsp3) is 1.00. The summed E-state index contributed by atoms with van der Waals surface area (Å²) < 4.78 is 26.5. The highest BCUT2D eigenvalue weighted by Crippen LogP contribution is 2.26. The van der Waals surface area contributed by atoms with Crippen LogP contribution in [-0.4, -0.2) is 68.1 Å². The Balaban J connectivity index is 1.84. The average Bonchev–Trinajstić information content (AvgIpc) is 2.20. The van der Waals surface area contributed by atoms with Crippen LogP contribution in [0.2, 0.25) is 0 Å². The number of likely N-dealkylation sites (tertiary alicyclic amines) is 1. The summed E-state index contributed by atoms with van der Waals surface area (Å²) in [6.07, 6.45) is 0.680. The highest BCUT2D eigenvalue weighted by atomic mass is 19.3. The van der Waals surface area contributed by atoms with Crippen molar-refractivity contribution < 1.29 is 8.78 Å². The molecule has 0 bridgehead atoms. The van der Waals surface area contributed by atoms with Crippen LogP contribution in [0.15, 0.2) is 0 Å². The highest BCUT2D eigenvalue weighted by molar-refractivity contribution is 4.85. The lowest BCUT2D eigenvalue weighted by molar-refractivity contribution is -0.0689. The first-order valence-corrected chi connectivity index (χ1v) is 6.08. The van der Waals surface area contributed by atoms with Crippen LogP contribution in [0.5, 0.6) is 0 Å². The van der Waals surface area contributed by atoms with E-state index in [2.05, 4.69) is 17.3 Å². The lowest BCUT2D eigenvalue weighted by Crippen LogP contribution is -2.56. The van der Waals surface area contributed by atoms with Gasteiger partial charge in [0.25, 0.3) is 5.92 Å². The summed E-state index contributed by atoms with van der Waals surface area (Å²) in [4.78, 5) is 4.18. The van der Waals surface area contributed by atoms with Gasteiger partial charge in [-0.3, -0.25) is 9.80 Å². The molecule has 0 aliphatic carbocycles. The van der Waals surface area contributed by atoms with Crippen LogP contribution in [-0.2, 0) is 0 Å². The van der Waals surface area contributed by atoms with Gasteiger partial charge >= 0.3 is 0 Å². The molecule has 94 valence electrons. The Morgan fingerprint density at radius 1 is 1.38 bits per heavy atom. The van der Waals surface area contributed by atoms with Gasteiger partial charge in [-0.2, -0.15) is 0 Å². The molecule has 0 aromatic carbocycles. The van der Waals surface area contributed by atoms with E-state index in [4.69, 9.17) is 0 Å². The summed E-state index contributed by atoms with van der Waals surface area (Å²) in [5.41, 5.74) is 0. The largest absolute Gasteiger partial charge is 0.314 e. The second-order valence-corrected chi connectivity index (χ2v) is 5.03. The van der Waals surface area contributed by atoms with Gasteiger partial charge in [-0.15, -0.1) is 0 Å². The SMILES string of the molecule is CN1CCNCC1CN1CCCC(F)(F)C1. The van der Waals surface area contributed by atoms with Crippen molar-refractivity contribution in [3.63, 3.8) is 0 Å². The zero-order valence-electron chi connectivity index (χ0n) is 9.88. The minimum atomic E-state index is -2.47. The molecule has 16 heavy (non-hydrogen) atoms. The number of rotatable bonds is 2. The smallest absolute Gasteiger partial charge is 0.260 e. The third kappa shape index (κ3) is 3.12. The maximum atomic E-state index is 13.2. The Morgan fingerprint density at radius 3 is 2.88 bits per heavy atom. The molecule has 0 spiro atoms. The number of likely N-dealkylation sites (N-methyl/N-ethyl adjacent to an activating group) is 1. The van der Waals surface area contributed by atoms with Gasteiger partial charge < -0.3 is 5.32 Å². The monoisotopic (exact) mass is 233 g/mol. The molecule has 0 radical (unpaired) electrons. The molecule has 5 heteroatoms. The molecule has 0 aromatic heterocycles. The average molecular weight is 233 g/mol. The maximum Gasteiger partial charge on any atom is 0.260 e. The summed E-state index contributed by atoms with van der Waals surface area (Å²) >= 11 is 0. The molecule has 2 heterocycles. The van der Waals surface area contributed by atoms with Gasteiger partial charge in [-0.1, -0.05) is 0 Å². The van der Waals surface area contributed by atoms with E-state index < -0.39 is 5.92 Å². The van der Waals surface area contributed by atoms with E-state index in [1.54, 1.807) is 0 Å². The number of nitrogens with zero attached hydrogens (tertiary/aromatic N) is 2. The lowest BCUT2D eigenvalue weighted by atomic mass is 10.1. The molecule has 2 fully saturated rings. The summed E-state index contributed by atoms with van der Waals surface area (Å²) in [5.74, 6) is -2.47. The first-order valence-electron chi connectivity index (χ1n) is 6.08. The molecule has 1 atom stereocenters. The predicted octanol–water partition coefficient (Wildman–Crippen LogP) is 0.621. The first-order chi connectivity index (χ1) is 7.57. The molecule has 2 rings (SSSR count). The molecule has 1 unspecified atom stereocenters. The summed E-state index contributed by atoms with van der Waals surface area (Å²) in [6.45, 7) is 4.45. The Morgan fingerprint density at radius 2 is 2.19 bits per heavy atom. The van der Waals surface area contributed by atoms with Crippen LogP contribution in [0.1, 0.15) is 12.8 Å². The second-order valence-electron chi connectivity index (χ2n) is 5.03. The summed E-state index contributed by atoms with van der Waals surface area (Å²) in [5, 5.41) is 3.32. The molecule has 0 aromatic rings. The van der Waals surface area contributed by atoms with Crippen LogP contribution in [0, 0.1) is 0 Å². The van der Waals surface area contributed by atoms with Gasteiger partial charge in [-0.25, -0.2) is 8.78 Å². The van der Waals surface area contributed by atoms with Crippen molar-refractivity contribution in [2.24, 2.45) is 0 Å². The Labute approximate surface area is 95.8 Å². The van der Waals surface area contributed by atoms with Crippen molar-refractivity contribution in [2.75, 3.05) is 46.3 Å². The molecule has 2 aliphatic heterocycles. The Bertz CT molecular complexity index is 235. The minimum absolute atomic E-state index is 0.0578. The fourth-order valence-electron chi connectivity index (χ4n) is 2.57. The minimum Gasteiger partial charge on any atom is -0.314 e. The molecular weight excluding hydrogens is 212 g/mol. The molecule has 2 saturated heterocycles. The van der Waals surface area contributed by atoms with E-state index in [9.17, 15) is 8.78 Å².